The first-order chi connectivity index (χ1) is 9.65. The number of carbonyl (C=O) groups excluding carboxylic acids is 1. The molecule has 0 saturated heterocycles. The number of anilines is 1. The van der Waals surface area contributed by atoms with E-state index in [0.717, 1.165) is 10.9 Å². The number of para-hydroxylation sites is 1. The molecule has 20 heavy (non-hydrogen) atoms. The number of H-pyrrole nitrogens is 1. The van der Waals surface area contributed by atoms with Gasteiger partial charge in [-0.25, -0.2) is 4.39 Å². The van der Waals surface area contributed by atoms with Crippen LogP contribution in [0.25, 0.3) is 10.9 Å². The monoisotopic (exact) mass is 332 g/mol. The zero-order chi connectivity index (χ0) is 14.1. The lowest BCUT2D eigenvalue weighted by molar-refractivity contribution is 0.102. The Bertz CT molecular complexity index is 797. The third kappa shape index (κ3) is 2.32. The van der Waals surface area contributed by atoms with Crippen LogP contribution in [0.15, 0.2) is 53.1 Å². The highest BCUT2D eigenvalue weighted by Crippen LogP contribution is 2.25. The van der Waals surface area contributed by atoms with Crippen molar-refractivity contribution in [2.45, 2.75) is 0 Å². The Morgan fingerprint density at radius 3 is 2.85 bits per heavy atom. The van der Waals surface area contributed by atoms with E-state index in [4.69, 9.17) is 0 Å². The van der Waals surface area contributed by atoms with Crippen LogP contribution in [0.4, 0.5) is 10.1 Å². The van der Waals surface area contributed by atoms with E-state index < -0.39 is 5.82 Å². The Labute approximate surface area is 122 Å². The molecule has 0 bridgehead atoms. The molecule has 0 aliphatic rings. The maximum absolute atomic E-state index is 13.2. The largest absolute Gasteiger partial charge is 0.360 e. The van der Waals surface area contributed by atoms with Gasteiger partial charge in [0.15, 0.2) is 0 Å². The maximum Gasteiger partial charge on any atom is 0.257 e. The molecule has 0 unspecified atom stereocenters. The normalized spacial score (nSPS) is 10.7. The molecule has 0 aliphatic heterocycles. The molecule has 0 spiro atoms. The average Bonchev–Trinajstić information content (AvgIpc) is 2.87. The first-order valence-electron chi connectivity index (χ1n) is 5.97. The number of benzene rings is 2. The van der Waals surface area contributed by atoms with Crippen LogP contribution in [0.3, 0.4) is 0 Å². The number of halogens is 2. The zero-order valence-electron chi connectivity index (χ0n) is 10.3. The molecule has 1 heterocycles. The van der Waals surface area contributed by atoms with Crippen molar-refractivity contribution in [3.05, 3.63) is 64.5 Å². The van der Waals surface area contributed by atoms with Gasteiger partial charge in [0.1, 0.15) is 5.82 Å². The second kappa shape index (κ2) is 5.09. The van der Waals surface area contributed by atoms with Gasteiger partial charge in [-0.2, -0.15) is 0 Å². The predicted octanol–water partition coefficient (Wildman–Crippen LogP) is 4.32. The van der Waals surface area contributed by atoms with E-state index >= 15 is 0 Å². The number of amides is 1. The Hall–Kier alpha value is -2.14. The van der Waals surface area contributed by atoms with Crippen molar-refractivity contribution < 1.29 is 9.18 Å². The van der Waals surface area contributed by atoms with E-state index in [1.807, 2.05) is 24.3 Å². The van der Waals surface area contributed by atoms with Crippen LogP contribution in [0.5, 0.6) is 0 Å². The first kappa shape index (κ1) is 12.9. The molecule has 5 heteroatoms. The van der Waals surface area contributed by atoms with Gasteiger partial charge in [0.05, 0.1) is 11.3 Å². The molecule has 0 fully saturated rings. The third-order valence-electron chi connectivity index (χ3n) is 3.01. The Morgan fingerprint density at radius 2 is 2.00 bits per heavy atom. The molecule has 100 valence electrons. The molecule has 3 nitrogen and oxygen atoms in total. The summed E-state index contributed by atoms with van der Waals surface area (Å²) in [6.45, 7) is 0. The minimum absolute atomic E-state index is 0.284. The molecule has 2 N–H and O–H groups in total. The topological polar surface area (TPSA) is 44.9 Å². The summed E-state index contributed by atoms with van der Waals surface area (Å²) in [5, 5.41) is 3.53. The lowest BCUT2D eigenvalue weighted by Crippen LogP contribution is -2.11. The van der Waals surface area contributed by atoms with Crippen LogP contribution in [-0.4, -0.2) is 10.9 Å². The van der Waals surface area contributed by atoms with Gasteiger partial charge in [-0.1, -0.05) is 18.2 Å². The lowest BCUT2D eigenvalue weighted by Gasteiger charge is -2.06. The Kier molecular flexibility index (Phi) is 3.28. The highest BCUT2D eigenvalue weighted by Gasteiger charge is 2.13. The molecule has 3 aromatic rings. The second-order valence-corrected chi connectivity index (χ2v) is 5.18. The summed E-state index contributed by atoms with van der Waals surface area (Å²) < 4.78 is 13.8. The third-order valence-corrected chi connectivity index (χ3v) is 3.70. The fraction of sp³-hybridized carbons (Fsp3) is 0. The number of nitrogens with one attached hydrogen (secondary N) is 2. The molecule has 0 saturated carbocycles. The summed E-state index contributed by atoms with van der Waals surface area (Å²) in [5.74, 6) is -0.684. The summed E-state index contributed by atoms with van der Waals surface area (Å²) in [4.78, 5) is 15.3. The van der Waals surface area contributed by atoms with Crippen molar-refractivity contribution in [1.29, 1.82) is 0 Å². The second-order valence-electron chi connectivity index (χ2n) is 4.33. The van der Waals surface area contributed by atoms with Crippen LogP contribution in [0.2, 0.25) is 0 Å². The maximum atomic E-state index is 13.2. The van der Waals surface area contributed by atoms with Crippen molar-refractivity contribution in [1.82, 2.24) is 4.98 Å². The quantitative estimate of drug-likeness (QED) is 0.721. The van der Waals surface area contributed by atoms with Crippen molar-refractivity contribution in [2.75, 3.05) is 5.32 Å². The minimum atomic E-state index is -0.401. The van der Waals surface area contributed by atoms with Crippen molar-refractivity contribution in [3.63, 3.8) is 0 Å². The van der Waals surface area contributed by atoms with E-state index in [1.165, 1.54) is 12.1 Å². The van der Waals surface area contributed by atoms with Gasteiger partial charge in [0.25, 0.3) is 5.91 Å². The van der Waals surface area contributed by atoms with E-state index in [9.17, 15) is 9.18 Å². The number of carbonyl (C=O) groups is 1. The number of aromatic nitrogens is 1. The molecule has 2 aromatic carbocycles. The SMILES string of the molecule is O=C(Nc1cc(F)ccc1Br)c1c[nH]c2ccccc12. The van der Waals surface area contributed by atoms with E-state index in [0.29, 0.717) is 15.7 Å². The molecular formula is C15H10BrFN2O. The minimum Gasteiger partial charge on any atom is -0.360 e. The zero-order valence-corrected chi connectivity index (χ0v) is 11.9. The van der Waals surface area contributed by atoms with E-state index in [-0.39, 0.29) is 5.91 Å². The predicted molar refractivity (Wildman–Crippen MR) is 80.4 cm³/mol. The van der Waals surface area contributed by atoms with Gasteiger partial charge >= 0.3 is 0 Å². The number of aromatic amines is 1. The van der Waals surface area contributed by atoms with Crippen molar-refractivity contribution in [3.8, 4) is 0 Å². The summed E-state index contributed by atoms with van der Waals surface area (Å²) in [5.41, 5.74) is 1.81. The standard InChI is InChI=1S/C15H10BrFN2O/c16-12-6-5-9(17)7-14(12)19-15(20)11-8-18-13-4-2-1-3-10(11)13/h1-8,18H,(H,19,20). The van der Waals surface area contributed by atoms with Crippen LogP contribution in [0, 0.1) is 5.82 Å². The Balaban J connectivity index is 1.95. The number of rotatable bonds is 2. The fourth-order valence-electron chi connectivity index (χ4n) is 2.04. The van der Waals surface area contributed by atoms with Crippen LogP contribution < -0.4 is 5.32 Å². The van der Waals surface area contributed by atoms with Gasteiger partial charge in [0, 0.05) is 21.6 Å². The van der Waals surface area contributed by atoms with Crippen LogP contribution >= 0.6 is 15.9 Å². The van der Waals surface area contributed by atoms with Gasteiger partial charge in [-0.15, -0.1) is 0 Å². The smallest absolute Gasteiger partial charge is 0.257 e. The lowest BCUT2D eigenvalue weighted by atomic mass is 10.1. The molecule has 1 aromatic heterocycles. The number of hydrogen-bond acceptors (Lipinski definition) is 1. The van der Waals surface area contributed by atoms with Crippen LogP contribution in [0.1, 0.15) is 10.4 Å². The van der Waals surface area contributed by atoms with Crippen molar-refractivity contribution >= 4 is 38.4 Å². The van der Waals surface area contributed by atoms with Gasteiger partial charge in [-0.3, -0.25) is 4.79 Å². The van der Waals surface area contributed by atoms with E-state index in [1.54, 1.807) is 12.3 Å². The molecule has 0 atom stereocenters. The van der Waals surface area contributed by atoms with E-state index in [2.05, 4.69) is 26.2 Å². The fourth-order valence-corrected chi connectivity index (χ4v) is 2.39. The van der Waals surface area contributed by atoms with Gasteiger partial charge in [-0.05, 0) is 40.2 Å². The van der Waals surface area contributed by atoms with Gasteiger partial charge in [0.2, 0.25) is 0 Å². The highest BCUT2D eigenvalue weighted by atomic mass is 79.9. The summed E-state index contributed by atoms with van der Waals surface area (Å²) in [6.07, 6.45) is 1.65. The molecule has 0 aliphatic carbocycles. The van der Waals surface area contributed by atoms with Gasteiger partial charge < -0.3 is 10.3 Å². The summed E-state index contributed by atoms with van der Waals surface area (Å²) >= 11 is 3.28. The Morgan fingerprint density at radius 1 is 1.20 bits per heavy atom. The summed E-state index contributed by atoms with van der Waals surface area (Å²) in [7, 11) is 0. The highest BCUT2D eigenvalue weighted by molar-refractivity contribution is 9.10. The molecule has 1 amide bonds. The molecular weight excluding hydrogens is 323 g/mol. The number of hydrogen-bond donors (Lipinski definition) is 2. The van der Waals surface area contributed by atoms with Crippen LogP contribution in [-0.2, 0) is 0 Å². The molecule has 3 rings (SSSR count). The molecule has 0 radical (unpaired) electrons. The van der Waals surface area contributed by atoms with Crippen molar-refractivity contribution in [2.24, 2.45) is 0 Å². The summed E-state index contributed by atoms with van der Waals surface area (Å²) in [6, 6.07) is 11.7. The first-order valence-corrected chi connectivity index (χ1v) is 6.77. The average molecular weight is 333 g/mol. The number of fused-ring (bicyclic) bond motifs is 1.